The van der Waals surface area contributed by atoms with Crippen LogP contribution in [0, 0.1) is 0 Å². The largest absolute Gasteiger partial charge is 0.508 e. The number of nitrogens with zero attached hydrogens (tertiary/aromatic N) is 1. The first-order valence-electron chi connectivity index (χ1n) is 6.48. The molecule has 0 heterocycles. The van der Waals surface area contributed by atoms with Crippen molar-refractivity contribution in [2.45, 2.75) is 19.9 Å². The molecule has 1 aromatic carbocycles. The Morgan fingerprint density at radius 2 is 2.10 bits per heavy atom. The fraction of sp³-hybridized carbons (Fsp3) is 0.538. The SMILES string of the molecule is CCN(CCCNCc1cc(Cl)ccc1O)S(C)(=O)=O. The fourth-order valence-electron chi connectivity index (χ4n) is 1.86. The Kier molecular flexibility index (Phi) is 6.75. The van der Waals surface area contributed by atoms with Crippen LogP contribution in [0.25, 0.3) is 0 Å². The highest BCUT2D eigenvalue weighted by atomic mass is 35.5. The molecule has 5 nitrogen and oxygen atoms in total. The van der Waals surface area contributed by atoms with Crippen molar-refractivity contribution in [3.05, 3.63) is 28.8 Å². The second-order valence-corrected chi connectivity index (χ2v) is 6.98. The number of nitrogens with one attached hydrogen (secondary N) is 1. The summed E-state index contributed by atoms with van der Waals surface area (Å²) in [7, 11) is -3.12. The van der Waals surface area contributed by atoms with Crippen LogP contribution in [0.4, 0.5) is 0 Å². The summed E-state index contributed by atoms with van der Waals surface area (Å²) in [5.74, 6) is 0.202. The number of phenols is 1. The number of rotatable bonds is 8. The number of benzene rings is 1. The van der Waals surface area contributed by atoms with Crippen molar-refractivity contribution in [1.29, 1.82) is 0 Å². The Labute approximate surface area is 125 Å². The van der Waals surface area contributed by atoms with Gasteiger partial charge in [-0.2, -0.15) is 0 Å². The van der Waals surface area contributed by atoms with Gasteiger partial charge >= 0.3 is 0 Å². The van der Waals surface area contributed by atoms with Crippen LogP contribution in [0.2, 0.25) is 5.02 Å². The van der Waals surface area contributed by atoms with Crippen LogP contribution in [0.15, 0.2) is 18.2 Å². The van der Waals surface area contributed by atoms with Gasteiger partial charge in [-0.3, -0.25) is 0 Å². The third-order valence-corrected chi connectivity index (χ3v) is 4.55. The number of aromatic hydroxyl groups is 1. The molecule has 0 saturated heterocycles. The van der Waals surface area contributed by atoms with Gasteiger partial charge in [0.15, 0.2) is 0 Å². The van der Waals surface area contributed by atoms with E-state index in [1.54, 1.807) is 18.2 Å². The van der Waals surface area contributed by atoms with E-state index >= 15 is 0 Å². The highest BCUT2D eigenvalue weighted by Gasteiger charge is 2.12. The third-order valence-electron chi connectivity index (χ3n) is 2.94. The predicted octanol–water partition coefficient (Wildman–Crippen LogP) is 1.81. The van der Waals surface area contributed by atoms with Crippen LogP contribution in [0.5, 0.6) is 5.75 Å². The Morgan fingerprint density at radius 3 is 2.70 bits per heavy atom. The van der Waals surface area contributed by atoms with E-state index in [-0.39, 0.29) is 5.75 Å². The van der Waals surface area contributed by atoms with E-state index in [4.69, 9.17) is 11.6 Å². The summed E-state index contributed by atoms with van der Waals surface area (Å²) in [6.45, 7) is 3.95. The molecule has 1 aromatic rings. The smallest absolute Gasteiger partial charge is 0.211 e. The summed E-state index contributed by atoms with van der Waals surface area (Å²) < 4.78 is 24.2. The molecule has 0 radical (unpaired) electrons. The van der Waals surface area contributed by atoms with Crippen LogP contribution < -0.4 is 5.32 Å². The average Bonchev–Trinajstić information content (AvgIpc) is 2.36. The average molecular weight is 321 g/mol. The molecule has 0 aliphatic carbocycles. The maximum absolute atomic E-state index is 11.4. The van der Waals surface area contributed by atoms with E-state index in [2.05, 4.69) is 5.32 Å². The molecule has 2 N–H and O–H groups in total. The summed E-state index contributed by atoms with van der Waals surface area (Å²) in [6, 6.07) is 4.90. The lowest BCUT2D eigenvalue weighted by atomic mass is 10.2. The van der Waals surface area contributed by atoms with E-state index < -0.39 is 10.0 Å². The van der Waals surface area contributed by atoms with Gasteiger partial charge in [0.05, 0.1) is 6.26 Å². The van der Waals surface area contributed by atoms with E-state index in [0.717, 1.165) is 5.56 Å². The molecule has 20 heavy (non-hydrogen) atoms. The lowest BCUT2D eigenvalue weighted by molar-refractivity contribution is 0.418. The standard InChI is InChI=1S/C13H21ClN2O3S/c1-3-16(20(2,18)19)8-4-7-15-10-11-9-12(14)5-6-13(11)17/h5-6,9,15,17H,3-4,7-8,10H2,1-2H3. The van der Waals surface area contributed by atoms with Gasteiger partial charge in [-0.1, -0.05) is 18.5 Å². The fourth-order valence-corrected chi connectivity index (χ4v) is 2.98. The number of sulfonamides is 1. The molecule has 0 spiro atoms. The molecule has 0 bridgehead atoms. The van der Waals surface area contributed by atoms with Gasteiger partial charge in [0.25, 0.3) is 0 Å². The first-order chi connectivity index (χ1) is 9.34. The van der Waals surface area contributed by atoms with Gasteiger partial charge in [0.2, 0.25) is 10.0 Å². The van der Waals surface area contributed by atoms with Crippen LogP contribution in [0.3, 0.4) is 0 Å². The zero-order chi connectivity index (χ0) is 15.2. The molecular formula is C13H21ClN2O3S. The van der Waals surface area contributed by atoms with Gasteiger partial charge < -0.3 is 10.4 Å². The van der Waals surface area contributed by atoms with E-state index in [1.165, 1.54) is 10.6 Å². The molecule has 0 fully saturated rings. The number of hydrogen-bond acceptors (Lipinski definition) is 4. The third kappa shape index (κ3) is 5.66. The minimum Gasteiger partial charge on any atom is -0.508 e. The second kappa shape index (κ2) is 7.83. The van der Waals surface area contributed by atoms with Crippen molar-refractivity contribution in [1.82, 2.24) is 9.62 Å². The molecule has 7 heteroatoms. The van der Waals surface area contributed by atoms with Crippen molar-refractivity contribution in [3.63, 3.8) is 0 Å². The zero-order valence-corrected chi connectivity index (χ0v) is 13.3. The minimum absolute atomic E-state index is 0.202. The predicted molar refractivity (Wildman–Crippen MR) is 81.5 cm³/mol. The molecular weight excluding hydrogens is 300 g/mol. The van der Waals surface area contributed by atoms with Crippen LogP contribution in [0.1, 0.15) is 18.9 Å². The van der Waals surface area contributed by atoms with Crippen molar-refractivity contribution in [3.8, 4) is 5.75 Å². The molecule has 0 atom stereocenters. The summed E-state index contributed by atoms with van der Waals surface area (Å²) in [4.78, 5) is 0. The topological polar surface area (TPSA) is 69.6 Å². The molecule has 0 aliphatic heterocycles. The molecule has 0 aliphatic rings. The Morgan fingerprint density at radius 1 is 1.40 bits per heavy atom. The lowest BCUT2D eigenvalue weighted by Gasteiger charge is -2.17. The van der Waals surface area contributed by atoms with Gasteiger partial charge in [-0.05, 0) is 31.2 Å². The van der Waals surface area contributed by atoms with E-state index in [0.29, 0.717) is 37.6 Å². The first-order valence-corrected chi connectivity index (χ1v) is 8.70. The highest BCUT2D eigenvalue weighted by Crippen LogP contribution is 2.20. The highest BCUT2D eigenvalue weighted by molar-refractivity contribution is 7.88. The Balaban J connectivity index is 2.34. The molecule has 0 unspecified atom stereocenters. The summed E-state index contributed by atoms with van der Waals surface area (Å²) in [6.07, 6.45) is 1.93. The van der Waals surface area contributed by atoms with Crippen molar-refractivity contribution < 1.29 is 13.5 Å². The first kappa shape index (κ1) is 17.2. The monoisotopic (exact) mass is 320 g/mol. The van der Waals surface area contributed by atoms with E-state index in [1.807, 2.05) is 6.92 Å². The van der Waals surface area contributed by atoms with Gasteiger partial charge in [-0.15, -0.1) is 0 Å². The molecule has 114 valence electrons. The molecule has 0 amide bonds. The number of halogens is 1. The maximum atomic E-state index is 11.4. The van der Waals surface area contributed by atoms with Gasteiger partial charge in [-0.25, -0.2) is 12.7 Å². The Bertz CT molecular complexity index is 534. The normalized spacial score (nSPS) is 12.0. The minimum atomic E-state index is -3.12. The van der Waals surface area contributed by atoms with Crippen LogP contribution in [-0.4, -0.2) is 43.7 Å². The maximum Gasteiger partial charge on any atom is 0.211 e. The molecule has 1 rings (SSSR count). The lowest BCUT2D eigenvalue weighted by Crippen LogP contribution is -2.32. The van der Waals surface area contributed by atoms with Gasteiger partial charge in [0, 0.05) is 30.2 Å². The van der Waals surface area contributed by atoms with Crippen LogP contribution in [-0.2, 0) is 16.6 Å². The summed E-state index contributed by atoms with van der Waals surface area (Å²) >= 11 is 5.86. The summed E-state index contributed by atoms with van der Waals surface area (Å²) in [5.41, 5.74) is 0.730. The Hall–Kier alpha value is -0.820. The second-order valence-electron chi connectivity index (χ2n) is 4.56. The quantitative estimate of drug-likeness (QED) is 0.717. The van der Waals surface area contributed by atoms with E-state index in [9.17, 15) is 13.5 Å². The summed E-state index contributed by atoms with van der Waals surface area (Å²) in [5, 5.41) is 13.4. The van der Waals surface area contributed by atoms with Crippen molar-refractivity contribution in [2.75, 3.05) is 25.9 Å². The molecule has 0 aromatic heterocycles. The van der Waals surface area contributed by atoms with Crippen LogP contribution >= 0.6 is 11.6 Å². The number of phenolic OH excluding ortho intramolecular Hbond substituents is 1. The number of hydrogen-bond donors (Lipinski definition) is 2. The van der Waals surface area contributed by atoms with Gasteiger partial charge in [0.1, 0.15) is 5.75 Å². The van der Waals surface area contributed by atoms with Crippen molar-refractivity contribution in [2.24, 2.45) is 0 Å². The van der Waals surface area contributed by atoms with Crippen molar-refractivity contribution >= 4 is 21.6 Å². The zero-order valence-electron chi connectivity index (χ0n) is 11.8. The molecule has 0 saturated carbocycles.